The van der Waals surface area contributed by atoms with Crippen molar-refractivity contribution in [2.75, 3.05) is 6.54 Å². The van der Waals surface area contributed by atoms with Crippen LogP contribution in [0.15, 0.2) is 12.3 Å². The van der Waals surface area contributed by atoms with E-state index in [-0.39, 0.29) is 0 Å². The molecule has 0 radical (unpaired) electrons. The minimum atomic E-state index is 0.478. The fourth-order valence-electron chi connectivity index (χ4n) is 1.43. The maximum atomic E-state index is 4.44. The summed E-state index contributed by atoms with van der Waals surface area (Å²) in [5.41, 5.74) is 1.09. The molecule has 0 aliphatic rings. The van der Waals surface area contributed by atoms with E-state index in [9.17, 15) is 0 Å². The van der Waals surface area contributed by atoms with Gasteiger partial charge in [0.1, 0.15) is 0 Å². The average Bonchev–Trinajstić information content (AvgIpc) is 2.53. The Kier molecular flexibility index (Phi) is 4.14. The molecule has 3 nitrogen and oxygen atoms in total. The third kappa shape index (κ3) is 3.14. The van der Waals surface area contributed by atoms with E-state index in [0.717, 1.165) is 18.7 Å². The maximum absolute atomic E-state index is 4.44. The molecule has 1 unspecified atom stereocenters. The predicted molar refractivity (Wildman–Crippen MR) is 59.4 cm³/mol. The summed E-state index contributed by atoms with van der Waals surface area (Å²) >= 11 is 0. The number of hydrogen-bond acceptors (Lipinski definition) is 2. The smallest absolute Gasteiger partial charge is 0.0641 e. The molecular formula is C11H21N3. The summed E-state index contributed by atoms with van der Waals surface area (Å²) in [6.45, 7) is 9.56. The standard InChI is InChI=1S/C11H21N3/c1-5-11(8-12-9(2)3)14-7-6-10(4)13-14/h6-7,9,11-12H,5,8H2,1-4H3. The van der Waals surface area contributed by atoms with Gasteiger partial charge in [-0.05, 0) is 19.4 Å². The molecule has 1 aromatic rings. The van der Waals surface area contributed by atoms with E-state index in [1.165, 1.54) is 0 Å². The van der Waals surface area contributed by atoms with Crippen LogP contribution in [0.25, 0.3) is 0 Å². The topological polar surface area (TPSA) is 29.9 Å². The van der Waals surface area contributed by atoms with Crippen LogP contribution in [0.1, 0.15) is 38.9 Å². The van der Waals surface area contributed by atoms with Gasteiger partial charge in [-0.25, -0.2) is 0 Å². The molecule has 0 spiro atoms. The second-order valence-corrected chi connectivity index (χ2v) is 4.06. The lowest BCUT2D eigenvalue weighted by atomic mass is 10.2. The van der Waals surface area contributed by atoms with Gasteiger partial charge in [0.25, 0.3) is 0 Å². The van der Waals surface area contributed by atoms with Crippen LogP contribution < -0.4 is 5.32 Å². The van der Waals surface area contributed by atoms with Gasteiger partial charge >= 0.3 is 0 Å². The number of nitrogens with one attached hydrogen (secondary N) is 1. The van der Waals surface area contributed by atoms with E-state index >= 15 is 0 Å². The number of rotatable bonds is 5. The summed E-state index contributed by atoms with van der Waals surface area (Å²) in [7, 11) is 0. The highest BCUT2D eigenvalue weighted by atomic mass is 15.3. The van der Waals surface area contributed by atoms with Crippen LogP contribution >= 0.6 is 0 Å². The third-order valence-electron chi connectivity index (χ3n) is 2.35. The van der Waals surface area contributed by atoms with E-state index in [1.807, 2.05) is 6.92 Å². The summed E-state index contributed by atoms with van der Waals surface area (Å²) in [4.78, 5) is 0. The molecule has 1 heterocycles. The fraction of sp³-hybridized carbons (Fsp3) is 0.727. The monoisotopic (exact) mass is 195 g/mol. The van der Waals surface area contributed by atoms with Crippen molar-refractivity contribution in [1.82, 2.24) is 15.1 Å². The van der Waals surface area contributed by atoms with Gasteiger partial charge in [0.2, 0.25) is 0 Å². The normalized spacial score (nSPS) is 13.5. The quantitative estimate of drug-likeness (QED) is 0.780. The Bertz CT molecular complexity index is 265. The van der Waals surface area contributed by atoms with Crippen LogP contribution in [-0.4, -0.2) is 22.4 Å². The third-order valence-corrected chi connectivity index (χ3v) is 2.35. The zero-order valence-corrected chi connectivity index (χ0v) is 9.62. The van der Waals surface area contributed by atoms with Crippen molar-refractivity contribution in [3.63, 3.8) is 0 Å². The van der Waals surface area contributed by atoms with Crippen molar-refractivity contribution in [3.8, 4) is 0 Å². The van der Waals surface area contributed by atoms with Crippen molar-refractivity contribution in [2.24, 2.45) is 0 Å². The fourth-order valence-corrected chi connectivity index (χ4v) is 1.43. The molecule has 0 saturated carbocycles. The Balaban J connectivity index is 2.54. The first-order chi connectivity index (χ1) is 6.63. The van der Waals surface area contributed by atoms with Gasteiger partial charge in [-0.1, -0.05) is 20.8 Å². The van der Waals surface area contributed by atoms with E-state index in [1.54, 1.807) is 0 Å². The Morgan fingerprint density at radius 3 is 2.64 bits per heavy atom. The summed E-state index contributed by atoms with van der Waals surface area (Å²) in [5.74, 6) is 0. The number of hydrogen-bond donors (Lipinski definition) is 1. The minimum absolute atomic E-state index is 0.478. The molecule has 0 amide bonds. The number of aryl methyl sites for hydroxylation is 1. The molecule has 1 atom stereocenters. The Labute approximate surface area is 86.5 Å². The molecule has 1 rings (SSSR count). The highest BCUT2D eigenvalue weighted by Gasteiger charge is 2.09. The first kappa shape index (κ1) is 11.2. The lowest BCUT2D eigenvalue weighted by Gasteiger charge is -2.18. The van der Waals surface area contributed by atoms with Gasteiger partial charge in [0.15, 0.2) is 0 Å². The Morgan fingerprint density at radius 1 is 1.50 bits per heavy atom. The second-order valence-electron chi connectivity index (χ2n) is 4.06. The molecule has 1 N–H and O–H groups in total. The molecule has 1 aromatic heterocycles. The molecule has 3 heteroatoms. The first-order valence-corrected chi connectivity index (χ1v) is 5.38. The zero-order chi connectivity index (χ0) is 10.6. The van der Waals surface area contributed by atoms with E-state index < -0.39 is 0 Å². The Morgan fingerprint density at radius 2 is 2.21 bits per heavy atom. The van der Waals surface area contributed by atoms with E-state index in [2.05, 4.69) is 48.1 Å². The summed E-state index contributed by atoms with van der Waals surface area (Å²) < 4.78 is 2.06. The van der Waals surface area contributed by atoms with E-state index in [4.69, 9.17) is 0 Å². The second kappa shape index (κ2) is 5.15. The van der Waals surface area contributed by atoms with Crippen LogP contribution in [-0.2, 0) is 0 Å². The van der Waals surface area contributed by atoms with Gasteiger partial charge in [0.05, 0.1) is 11.7 Å². The van der Waals surface area contributed by atoms with Crippen LogP contribution in [0, 0.1) is 6.92 Å². The van der Waals surface area contributed by atoms with Gasteiger partial charge < -0.3 is 5.32 Å². The largest absolute Gasteiger partial charge is 0.312 e. The van der Waals surface area contributed by atoms with Crippen molar-refractivity contribution in [2.45, 2.75) is 46.2 Å². The zero-order valence-electron chi connectivity index (χ0n) is 9.62. The molecule has 0 fully saturated rings. The first-order valence-electron chi connectivity index (χ1n) is 5.38. The molecule has 0 aliphatic carbocycles. The molecule has 0 aromatic carbocycles. The van der Waals surface area contributed by atoms with Crippen LogP contribution in [0.5, 0.6) is 0 Å². The SMILES string of the molecule is CCC(CNC(C)C)n1ccc(C)n1. The summed E-state index contributed by atoms with van der Waals surface area (Å²) in [6.07, 6.45) is 3.17. The highest BCUT2D eigenvalue weighted by molar-refractivity contribution is 4.96. The predicted octanol–water partition coefficient (Wildman–Crippen LogP) is 2.14. The van der Waals surface area contributed by atoms with Gasteiger partial charge in [-0.15, -0.1) is 0 Å². The lowest BCUT2D eigenvalue weighted by Crippen LogP contribution is -2.30. The molecule has 0 bridgehead atoms. The summed E-state index contributed by atoms with van der Waals surface area (Å²) in [5, 5.41) is 7.88. The van der Waals surface area contributed by atoms with Gasteiger partial charge in [-0.2, -0.15) is 5.10 Å². The van der Waals surface area contributed by atoms with Crippen molar-refractivity contribution < 1.29 is 0 Å². The van der Waals surface area contributed by atoms with Crippen molar-refractivity contribution in [3.05, 3.63) is 18.0 Å². The van der Waals surface area contributed by atoms with Crippen LogP contribution in [0.4, 0.5) is 0 Å². The molecule has 0 saturated heterocycles. The van der Waals surface area contributed by atoms with Crippen molar-refractivity contribution >= 4 is 0 Å². The maximum Gasteiger partial charge on any atom is 0.0641 e. The molecular weight excluding hydrogens is 174 g/mol. The molecule has 80 valence electrons. The van der Waals surface area contributed by atoms with Gasteiger partial charge in [-0.3, -0.25) is 4.68 Å². The molecule has 0 aliphatic heterocycles. The minimum Gasteiger partial charge on any atom is -0.312 e. The van der Waals surface area contributed by atoms with E-state index in [0.29, 0.717) is 12.1 Å². The van der Waals surface area contributed by atoms with Gasteiger partial charge in [0, 0.05) is 18.8 Å². The number of nitrogens with zero attached hydrogens (tertiary/aromatic N) is 2. The number of aromatic nitrogens is 2. The lowest BCUT2D eigenvalue weighted by molar-refractivity contribution is 0.395. The highest BCUT2D eigenvalue weighted by Crippen LogP contribution is 2.09. The van der Waals surface area contributed by atoms with Crippen molar-refractivity contribution in [1.29, 1.82) is 0 Å². The summed E-state index contributed by atoms with van der Waals surface area (Å²) in [6, 6.07) is 3.07. The van der Waals surface area contributed by atoms with Crippen LogP contribution in [0.3, 0.4) is 0 Å². The Hall–Kier alpha value is -0.830. The molecule has 14 heavy (non-hydrogen) atoms. The average molecular weight is 195 g/mol. The van der Waals surface area contributed by atoms with Crippen LogP contribution in [0.2, 0.25) is 0 Å².